The van der Waals surface area contributed by atoms with E-state index in [9.17, 15) is 5.11 Å². The van der Waals surface area contributed by atoms with Gasteiger partial charge in [0.15, 0.2) is 0 Å². The number of aryl methyl sites for hydroxylation is 1. The molecule has 1 saturated heterocycles. The van der Waals surface area contributed by atoms with Gasteiger partial charge in [-0.2, -0.15) is 0 Å². The number of nitrogens with zero attached hydrogens (tertiary/aromatic N) is 1. The van der Waals surface area contributed by atoms with E-state index in [1.165, 1.54) is 17.5 Å². The van der Waals surface area contributed by atoms with Crippen molar-refractivity contribution in [3.05, 3.63) is 29.3 Å². The summed E-state index contributed by atoms with van der Waals surface area (Å²) in [6.07, 6.45) is 3.41. The highest BCUT2D eigenvalue weighted by atomic mass is 16.5. The predicted octanol–water partition coefficient (Wildman–Crippen LogP) is 1.69. The fourth-order valence-electron chi connectivity index (χ4n) is 3.22. The number of hydrogen-bond donors (Lipinski definition) is 2. The Kier molecular flexibility index (Phi) is 4.55. The minimum atomic E-state index is 0.386. The van der Waals surface area contributed by atoms with Crippen molar-refractivity contribution >= 4 is 0 Å². The number of nitrogens with one attached hydrogen (secondary N) is 1. The van der Waals surface area contributed by atoms with Crippen LogP contribution in [-0.4, -0.2) is 49.4 Å². The van der Waals surface area contributed by atoms with E-state index in [2.05, 4.69) is 16.3 Å². The highest BCUT2D eigenvalue weighted by Crippen LogP contribution is 2.33. The fourth-order valence-corrected chi connectivity index (χ4v) is 3.22. The standard InChI is InChI=1S/C16H24N2O2/c19-14-3-4-15-13(12-14)2-5-16(15)17-6-1-7-18-8-10-20-11-9-18/h3-4,12,16-17,19H,1-2,5-11H2. The maximum atomic E-state index is 9.50. The summed E-state index contributed by atoms with van der Waals surface area (Å²) in [6, 6.07) is 6.24. The molecule has 0 aromatic heterocycles. The number of aromatic hydroxyl groups is 1. The summed E-state index contributed by atoms with van der Waals surface area (Å²) in [4.78, 5) is 2.48. The summed E-state index contributed by atoms with van der Waals surface area (Å²) in [6.45, 7) is 6.13. The van der Waals surface area contributed by atoms with Crippen LogP contribution >= 0.6 is 0 Å². The SMILES string of the molecule is Oc1ccc2c(c1)CCC2NCCCN1CCOCC1. The smallest absolute Gasteiger partial charge is 0.115 e. The number of hydrogen-bond acceptors (Lipinski definition) is 4. The normalized spacial score (nSPS) is 22.9. The van der Waals surface area contributed by atoms with Gasteiger partial charge in [0.05, 0.1) is 13.2 Å². The maximum Gasteiger partial charge on any atom is 0.115 e. The number of phenols is 1. The highest BCUT2D eigenvalue weighted by Gasteiger charge is 2.21. The second-order valence-corrected chi connectivity index (χ2v) is 5.74. The predicted molar refractivity (Wildman–Crippen MR) is 79.0 cm³/mol. The molecule has 110 valence electrons. The first-order chi connectivity index (χ1) is 9.83. The molecule has 1 fully saturated rings. The summed E-state index contributed by atoms with van der Waals surface area (Å²) in [5, 5.41) is 13.2. The van der Waals surface area contributed by atoms with Gasteiger partial charge in [0.2, 0.25) is 0 Å². The van der Waals surface area contributed by atoms with E-state index in [1.54, 1.807) is 6.07 Å². The Morgan fingerprint density at radius 2 is 2.15 bits per heavy atom. The maximum absolute atomic E-state index is 9.50. The molecule has 2 aliphatic rings. The summed E-state index contributed by atoms with van der Waals surface area (Å²) in [7, 11) is 0. The third-order valence-corrected chi connectivity index (χ3v) is 4.35. The third-order valence-electron chi connectivity index (χ3n) is 4.35. The van der Waals surface area contributed by atoms with Crippen LogP contribution < -0.4 is 5.32 Å². The zero-order valence-corrected chi connectivity index (χ0v) is 12.0. The lowest BCUT2D eigenvalue weighted by Gasteiger charge is -2.26. The summed E-state index contributed by atoms with van der Waals surface area (Å²) in [5.41, 5.74) is 2.67. The van der Waals surface area contributed by atoms with Gasteiger partial charge in [-0.15, -0.1) is 0 Å². The second kappa shape index (κ2) is 6.57. The van der Waals surface area contributed by atoms with Crippen LogP contribution in [0.15, 0.2) is 18.2 Å². The lowest BCUT2D eigenvalue weighted by Crippen LogP contribution is -2.37. The molecule has 0 saturated carbocycles. The summed E-state index contributed by atoms with van der Waals surface area (Å²) >= 11 is 0. The van der Waals surface area contributed by atoms with E-state index in [4.69, 9.17) is 4.74 Å². The Morgan fingerprint density at radius 3 is 3.00 bits per heavy atom. The molecular formula is C16H24N2O2. The molecule has 1 aromatic rings. The van der Waals surface area contributed by atoms with Crippen molar-refractivity contribution in [2.75, 3.05) is 39.4 Å². The minimum Gasteiger partial charge on any atom is -0.508 e. The van der Waals surface area contributed by atoms with E-state index >= 15 is 0 Å². The molecule has 1 aliphatic carbocycles. The Hall–Kier alpha value is -1.10. The Morgan fingerprint density at radius 1 is 1.30 bits per heavy atom. The van der Waals surface area contributed by atoms with Crippen LogP contribution in [0.25, 0.3) is 0 Å². The Labute approximate surface area is 120 Å². The van der Waals surface area contributed by atoms with Gasteiger partial charge in [-0.1, -0.05) is 6.07 Å². The number of fused-ring (bicyclic) bond motifs is 1. The van der Waals surface area contributed by atoms with Gasteiger partial charge in [-0.3, -0.25) is 4.90 Å². The van der Waals surface area contributed by atoms with Crippen LogP contribution in [0.4, 0.5) is 0 Å². The van der Waals surface area contributed by atoms with Crippen molar-refractivity contribution in [3.63, 3.8) is 0 Å². The number of rotatable bonds is 5. The van der Waals surface area contributed by atoms with Gasteiger partial charge in [0.1, 0.15) is 5.75 Å². The molecule has 3 rings (SSSR count). The molecule has 4 heteroatoms. The monoisotopic (exact) mass is 276 g/mol. The molecular weight excluding hydrogens is 252 g/mol. The van der Waals surface area contributed by atoms with Gasteiger partial charge in [-0.25, -0.2) is 0 Å². The third kappa shape index (κ3) is 3.32. The van der Waals surface area contributed by atoms with Gasteiger partial charge < -0.3 is 15.2 Å². The van der Waals surface area contributed by atoms with Gasteiger partial charge in [0.25, 0.3) is 0 Å². The topological polar surface area (TPSA) is 44.7 Å². The summed E-state index contributed by atoms with van der Waals surface area (Å²) < 4.78 is 5.36. The first-order valence-electron chi connectivity index (χ1n) is 7.68. The van der Waals surface area contributed by atoms with E-state index < -0.39 is 0 Å². The van der Waals surface area contributed by atoms with Crippen LogP contribution in [-0.2, 0) is 11.2 Å². The molecule has 1 heterocycles. The van der Waals surface area contributed by atoms with E-state index in [-0.39, 0.29) is 0 Å². The first-order valence-corrected chi connectivity index (χ1v) is 7.68. The molecule has 1 atom stereocenters. The summed E-state index contributed by atoms with van der Waals surface area (Å²) in [5.74, 6) is 0.386. The minimum absolute atomic E-state index is 0.386. The van der Waals surface area contributed by atoms with Crippen molar-refractivity contribution < 1.29 is 9.84 Å². The molecule has 0 amide bonds. The molecule has 1 aromatic carbocycles. The molecule has 0 radical (unpaired) electrons. The van der Waals surface area contributed by atoms with Crippen molar-refractivity contribution in [2.45, 2.75) is 25.3 Å². The number of ether oxygens (including phenoxy) is 1. The number of benzene rings is 1. The van der Waals surface area contributed by atoms with Crippen molar-refractivity contribution in [1.29, 1.82) is 0 Å². The lowest BCUT2D eigenvalue weighted by molar-refractivity contribution is 0.0374. The molecule has 0 spiro atoms. The van der Waals surface area contributed by atoms with Crippen molar-refractivity contribution in [2.24, 2.45) is 0 Å². The van der Waals surface area contributed by atoms with Gasteiger partial charge in [-0.05, 0) is 55.6 Å². The quantitative estimate of drug-likeness (QED) is 0.803. The van der Waals surface area contributed by atoms with Crippen LogP contribution in [0, 0.1) is 0 Å². The highest BCUT2D eigenvalue weighted by molar-refractivity contribution is 5.39. The largest absolute Gasteiger partial charge is 0.508 e. The fraction of sp³-hybridized carbons (Fsp3) is 0.625. The van der Waals surface area contributed by atoms with Crippen LogP contribution in [0.3, 0.4) is 0 Å². The average molecular weight is 276 g/mol. The first kappa shape index (κ1) is 13.9. The molecule has 1 aliphatic heterocycles. The molecule has 1 unspecified atom stereocenters. The van der Waals surface area contributed by atoms with Gasteiger partial charge in [0, 0.05) is 19.1 Å². The van der Waals surface area contributed by atoms with Crippen molar-refractivity contribution in [3.8, 4) is 5.75 Å². The number of morpholine rings is 1. The molecule has 0 bridgehead atoms. The molecule has 20 heavy (non-hydrogen) atoms. The Balaban J connectivity index is 1.41. The van der Waals surface area contributed by atoms with E-state index in [1.807, 2.05) is 6.07 Å². The zero-order valence-electron chi connectivity index (χ0n) is 12.0. The van der Waals surface area contributed by atoms with E-state index in [0.29, 0.717) is 11.8 Å². The molecule has 4 nitrogen and oxygen atoms in total. The van der Waals surface area contributed by atoms with Crippen LogP contribution in [0.5, 0.6) is 5.75 Å². The van der Waals surface area contributed by atoms with Crippen LogP contribution in [0.2, 0.25) is 0 Å². The Bertz CT molecular complexity index is 444. The van der Waals surface area contributed by atoms with Crippen LogP contribution in [0.1, 0.15) is 30.0 Å². The molecule has 2 N–H and O–H groups in total. The van der Waals surface area contributed by atoms with Crippen molar-refractivity contribution in [1.82, 2.24) is 10.2 Å². The average Bonchev–Trinajstić information content (AvgIpc) is 2.87. The number of phenolic OH excluding ortho intramolecular Hbond substituents is 1. The van der Waals surface area contributed by atoms with Gasteiger partial charge >= 0.3 is 0 Å². The zero-order chi connectivity index (χ0) is 13.8. The lowest BCUT2D eigenvalue weighted by atomic mass is 10.1. The van der Waals surface area contributed by atoms with E-state index in [0.717, 1.165) is 52.2 Å². The second-order valence-electron chi connectivity index (χ2n) is 5.74.